The van der Waals surface area contributed by atoms with Crippen LogP contribution in [0.1, 0.15) is 47.9 Å². The number of benzene rings is 1. The maximum atomic E-state index is 13.5. The second kappa shape index (κ2) is 7.59. The van der Waals surface area contributed by atoms with Crippen LogP contribution in [0.15, 0.2) is 36.7 Å². The highest BCUT2D eigenvalue weighted by Gasteiger charge is 2.50. The minimum atomic E-state index is -5.02. The van der Waals surface area contributed by atoms with E-state index in [1.54, 1.807) is 9.47 Å². The maximum absolute atomic E-state index is 13.5. The van der Waals surface area contributed by atoms with Gasteiger partial charge in [0.25, 0.3) is 0 Å². The number of aromatic nitrogens is 4. The lowest BCUT2D eigenvalue weighted by molar-refractivity contribution is -0.145. The molecule has 2 bridgehead atoms. The van der Waals surface area contributed by atoms with Gasteiger partial charge in [0.2, 0.25) is 0 Å². The summed E-state index contributed by atoms with van der Waals surface area (Å²) in [5.74, 6) is 0.833. The van der Waals surface area contributed by atoms with E-state index in [-0.39, 0.29) is 23.8 Å². The lowest BCUT2D eigenvalue weighted by atomic mass is 9.97. The number of pyridine rings is 1. The number of anilines is 1. The van der Waals surface area contributed by atoms with E-state index >= 15 is 0 Å². The van der Waals surface area contributed by atoms with Crippen LogP contribution in [0, 0.1) is 5.92 Å². The smallest absolute Gasteiger partial charge is 0.433 e. The van der Waals surface area contributed by atoms with Crippen LogP contribution < -0.4 is 9.64 Å². The van der Waals surface area contributed by atoms with Gasteiger partial charge in [-0.1, -0.05) is 6.07 Å². The molecule has 0 amide bonds. The number of hydrogen-bond donors (Lipinski definition) is 0. The monoisotopic (exact) mass is 495 g/mol. The van der Waals surface area contributed by atoms with E-state index in [1.807, 2.05) is 18.2 Å². The predicted octanol–water partition coefficient (Wildman–Crippen LogP) is 5.36. The Bertz CT molecular complexity index is 1250. The second-order valence-corrected chi connectivity index (χ2v) is 9.12. The fourth-order valence-electron chi connectivity index (χ4n) is 5.56. The molecule has 1 aromatic carbocycles. The number of rotatable bonds is 3. The van der Waals surface area contributed by atoms with Crippen LogP contribution in [0.25, 0.3) is 5.69 Å². The van der Waals surface area contributed by atoms with Crippen LogP contribution in [-0.2, 0) is 18.8 Å². The highest BCUT2D eigenvalue weighted by atomic mass is 19.4. The molecule has 3 atom stereocenters. The van der Waals surface area contributed by atoms with E-state index in [2.05, 4.69) is 15.2 Å². The summed E-state index contributed by atoms with van der Waals surface area (Å²) in [7, 11) is 0. The van der Waals surface area contributed by atoms with Gasteiger partial charge in [-0.15, -0.1) is 10.2 Å². The fraction of sp³-hybridized carbons (Fsp3) is 0.435. The molecule has 35 heavy (non-hydrogen) atoms. The van der Waals surface area contributed by atoms with Crippen molar-refractivity contribution in [1.29, 1.82) is 0 Å². The molecule has 1 saturated heterocycles. The fourth-order valence-corrected chi connectivity index (χ4v) is 5.56. The molecule has 1 aliphatic carbocycles. The first kappa shape index (κ1) is 22.2. The Morgan fingerprint density at radius 1 is 0.971 bits per heavy atom. The average molecular weight is 495 g/mol. The summed E-state index contributed by atoms with van der Waals surface area (Å²) < 4.78 is 88.4. The van der Waals surface area contributed by atoms with Crippen molar-refractivity contribution < 1.29 is 31.1 Å². The lowest BCUT2D eigenvalue weighted by Crippen LogP contribution is -2.37. The van der Waals surface area contributed by atoms with Crippen molar-refractivity contribution in [1.82, 2.24) is 19.7 Å². The molecular formula is C23H19F6N5O. The Morgan fingerprint density at radius 2 is 1.80 bits per heavy atom. The van der Waals surface area contributed by atoms with Gasteiger partial charge in [-0.25, -0.2) is 4.98 Å². The van der Waals surface area contributed by atoms with Crippen molar-refractivity contribution in [3.05, 3.63) is 59.3 Å². The Labute approximate surface area is 195 Å². The zero-order valence-corrected chi connectivity index (χ0v) is 18.1. The number of ether oxygens (including phenoxy) is 1. The lowest BCUT2D eigenvalue weighted by Gasteiger charge is -2.36. The topological polar surface area (TPSA) is 56.1 Å². The average Bonchev–Trinajstić information content (AvgIpc) is 3.60. The Morgan fingerprint density at radius 3 is 2.57 bits per heavy atom. The van der Waals surface area contributed by atoms with Crippen LogP contribution in [0.4, 0.5) is 32.2 Å². The summed E-state index contributed by atoms with van der Waals surface area (Å²) >= 11 is 0. The molecule has 4 heterocycles. The summed E-state index contributed by atoms with van der Waals surface area (Å²) in [6, 6.07) is 5.61. The van der Waals surface area contributed by atoms with Crippen molar-refractivity contribution in [2.24, 2.45) is 5.92 Å². The predicted molar refractivity (Wildman–Crippen MR) is 111 cm³/mol. The van der Waals surface area contributed by atoms with Crippen LogP contribution in [0.5, 0.6) is 5.75 Å². The Kier molecular flexibility index (Phi) is 4.81. The highest BCUT2D eigenvalue weighted by Crippen LogP contribution is 2.52. The van der Waals surface area contributed by atoms with Crippen molar-refractivity contribution in [2.45, 2.75) is 50.1 Å². The van der Waals surface area contributed by atoms with E-state index in [9.17, 15) is 26.3 Å². The van der Waals surface area contributed by atoms with E-state index < -0.39 is 29.7 Å². The van der Waals surface area contributed by atoms with Crippen LogP contribution in [0.3, 0.4) is 0 Å². The minimum Gasteiger partial charge on any atom is -0.493 e. The third-order valence-electron chi connectivity index (χ3n) is 7.08. The normalized spacial score (nSPS) is 23.6. The molecule has 12 heteroatoms. The van der Waals surface area contributed by atoms with Crippen LogP contribution in [-0.4, -0.2) is 32.4 Å². The highest BCUT2D eigenvalue weighted by molar-refractivity contribution is 5.51. The van der Waals surface area contributed by atoms with Gasteiger partial charge in [0.15, 0.2) is 5.82 Å². The summed E-state index contributed by atoms with van der Waals surface area (Å²) in [4.78, 5) is 5.22. The van der Waals surface area contributed by atoms with Crippen molar-refractivity contribution >= 4 is 5.82 Å². The van der Waals surface area contributed by atoms with E-state index in [1.165, 1.54) is 6.33 Å². The van der Waals surface area contributed by atoms with Crippen LogP contribution >= 0.6 is 0 Å². The first-order valence-electron chi connectivity index (χ1n) is 11.2. The molecule has 2 fully saturated rings. The standard InChI is InChI=1S/C23H19F6N5O/c24-22(25,26)14-8-18(23(27,28)29)31-19(9-14)34-16-4-2-13(7-16)20(34)21-32-30-11-33(21)15-3-1-12-5-6-35-17(12)10-15/h1,3,8-11,13,16,20H,2,4-7H2/t13-,16+,20-/m0/s1. The molecule has 0 radical (unpaired) electrons. The van der Waals surface area contributed by atoms with Gasteiger partial charge < -0.3 is 9.64 Å². The molecule has 6 rings (SSSR count). The van der Waals surface area contributed by atoms with E-state index in [0.29, 0.717) is 37.0 Å². The molecule has 3 aliphatic rings. The van der Waals surface area contributed by atoms with Gasteiger partial charge in [-0.3, -0.25) is 4.57 Å². The summed E-state index contributed by atoms with van der Waals surface area (Å²) in [5.41, 5.74) is -1.17. The SMILES string of the molecule is FC(F)(F)c1cc(N2[C@@H]3CC[C@@H](C3)[C@H]2c2nncn2-c2ccc3c(c2)OCC3)nc(C(F)(F)F)c1. The van der Waals surface area contributed by atoms with Gasteiger partial charge in [0.1, 0.15) is 23.6 Å². The molecule has 0 N–H and O–H groups in total. The molecule has 184 valence electrons. The van der Waals surface area contributed by atoms with Crippen molar-refractivity contribution in [3.8, 4) is 11.4 Å². The number of piperidine rings is 1. The maximum Gasteiger partial charge on any atom is 0.433 e. The number of nitrogens with zero attached hydrogens (tertiary/aromatic N) is 5. The quantitative estimate of drug-likeness (QED) is 0.458. The number of hydrogen-bond acceptors (Lipinski definition) is 5. The third-order valence-corrected chi connectivity index (χ3v) is 7.08. The number of alkyl halides is 6. The molecule has 3 aromatic rings. The van der Waals surface area contributed by atoms with Gasteiger partial charge in [-0.05, 0) is 48.9 Å². The van der Waals surface area contributed by atoms with E-state index in [4.69, 9.17) is 4.74 Å². The minimum absolute atomic E-state index is 0.000642. The van der Waals surface area contributed by atoms with Gasteiger partial charge in [-0.2, -0.15) is 26.3 Å². The van der Waals surface area contributed by atoms with Gasteiger partial charge >= 0.3 is 12.4 Å². The molecule has 2 aliphatic heterocycles. The summed E-state index contributed by atoms with van der Waals surface area (Å²) in [5, 5.41) is 8.29. The molecule has 0 spiro atoms. The van der Waals surface area contributed by atoms with Gasteiger partial charge in [0.05, 0.1) is 23.9 Å². The third kappa shape index (κ3) is 3.69. The zero-order chi connectivity index (χ0) is 24.5. The molecular weight excluding hydrogens is 476 g/mol. The molecule has 1 saturated carbocycles. The number of fused-ring (bicyclic) bond motifs is 3. The molecule has 2 aromatic heterocycles. The summed E-state index contributed by atoms with van der Waals surface area (Å²) in [6.07, 6.45) is -5.60. The number of halogens is 6. The zero-order valence-electron chi connectivity index (χ0n) is 18.1. The van der Waals surface area contributed by atoms with Crippen molar-refractivity contribution in [3.63, 3.8) is 0 Å². The first-order chi connectivity index (χ1) is 16.6. The molecule has 6 nitrogen and oxygen atoms in total. The first-order valence-corrected chi connectivity index (χ1v) is 11.2. The van der Waals surface area contributed by atoms with Crippen LogP contribution in [0.2, 0.25) is 0 Å². The largest absolute Gasteiger partial charge is 0.493 e. The Balaban J connectivity index is 1.45. The Hall–Kier alpha value is -3.31. The van der Waals surface area contributed by atoms with Gasteiger partial charge in [0, 0.05) is 18.5 Å². The second-order valence-electron chi connectivity index (χ2n) is 9.12. The molecule has 0 unspecified atom stereocenters. The van der Waals surface area contributed by atoms with Crippen molar-refractivity contribution in [2.75, 3.05) is 11.5 Å². The summed E-state index contributed by atoms with van der Waals surface area (Å²) in [6.45, 7) is 0.580. The van der Waals surface area contributed by atoms with E-state index in [0.717, 1.165) is 24.2 Å².